The number of rotatable bonds is 8. The number of methoxy groups -OCH3 is 2. The molecule has 0 amide bonds. The number of benzene rings is 2. The second-order valence-corrected chi connectivity index (χ2v) is 6.98. The maximum Gasteiger partial charge on any atom is 0.277 e. The molecule has 29 heavy (non-hydrogen) atoms. The van der Waals surface area contributed by atoms with E-state index >= 15 is 0 Å². The lowest BCUT2D eigenvalue weighted by atomic mass is 10.1. The van der Waals surface area contributed by atoms with Crippen LogP contribution in [-0.2, 0) is 6.54 Å². The average molecular weight is 397 g/mol. The van der Waals surface area contributed by atoms with Crippen LogP contribution in [0.25, 0.3) is 6.08 Å². The van der Waals surface area contributed by atoms with Crippen LogP contribution in [0, 0.1) is 10.1 Å². The van der Waals surface area contributed by atoms with Crippen molar-refractivity contribution in [3.05, 3.63) is 69.8 Å². The molecule has 1 aliphatic heterocycles. The number of hydrogen-bond donors (Lipinski definition) is 0. The summed E-state index contributed by atoms with van der Waals surface area (Å²) in [6, 6.07) is 13.4. The van der Waals surface area contributed by atoms with Crippen LogP contribution >= 0.6 is 0 Å². The lowest BCUT2D eigenvalue weighted by Crippen LogP contribution is -2.45. The van der Waals surface area contributed by atoms with Gasteiger partial charge in [-0.2, -0.15) is 0 Å². The zero-order valence-corrected chi connectivity index (χ0v) is 16.9. The standard InChI is InChI=1S/C22H27N3O4/c1-28-21-15-19(20(25(26)27)16-22(21)29-2)17-24-13-11-23(12-14-24)10-6-9-18-7-4-3-5-8-18/h3-9,15-16H,10-14,17H2,1-2H3/b9-6+. The van der Waals surface area contributed by atoms with E-state index in [0.29, 0.717) is 23.6 Å². The monoisotopic (exact) mass is 397 g/mol. The van der Waals surface area contributed by atoms with Crippen molar-refractivity contribution >= 4 is 11.8 Å². The number of piperazine rings is 1. The number of nitro benzene ring substituents is 1. The lowest BCUT2D eigenvalue weighted by molar-refractivity contribution is -0.385. The van der Waals surface area contributed by atoms with Crippen LogP contribution in [0.1, 0.15) is 11.1 Å². The number of hydrogen-bond acceptors (Lipinski definition) is 6. The van der Waals surface area contributed by atoms with Crippen LogP contribution < -0.4 is 9.47 Å². The second kappa shape index (κ2) is 10.0. The van der Waals surface area contributed by atoms with Gasteiger partial charge in [0.2, 0.25) is 0 Å². The van der Waals surface area contributed by atoms with Gasteiger partial charge in [0.25, 0.3) is 5.69 Å². The van der Waals surface area contributed by atoms with Gasteiger partial charge in [-0.3, -0.25) is 19.9 Å². The van der Waals surface area contributed by atoms with Crippen molar-refractivity contribution in [3.8, 4) is 11.5 Å². The summed E-state index contributed by atoms with van der Waals surface area (Å²) in [6.45, 7) is 5.01. The van der Waals surface area contributed by atoms with Gasteiger partial charge in [-0.15, -0.1) is 0 Å². The first-order valence-electron chi connectivity index (χ1n) is 9.66. The van der Waals surface area contributed by atoms with Gasteiger partial charge in [0, 0.05) is 44.8 Å². The molecule has 1 saturated heterocycles. The molecule has 0 aromatic heterocycles. The van der Waals surface area contributed by atoms with E-state index in [2.05, 4.69) is 34.1 Å². The first-order valence-corrected chi connectivity index (χ1v) is 9.66. The molecule has 0 unspecified atom stereocenters. The minimum Gasteiger partial charge on any atom is -0.493 e. The van der Waals surface area contributed by atoms with Crippen LogP contribution in [0.15, 0.2) is 48.5 Å². The van der Waals surface area contributed by atoms with Crippen molar-refractivity contribution in [2.45, 2.75) is 6.54 Å². The molecule has 1 fully saturated rings. The Morgan fingerprint density at radius 2 is 1.62 bits per heavy atom. The van der Waals surface area contributed by atoms with E-state index < -0.39 is 0 Å². The predicted molar refractivity (Wildman–Crippen MR) is 113 cm³/mol. The molecule has 0 spiro atoms. The maximum atomic E-state index is 11.5. The first kappa shape index (κ1) is 20.8. The molecule has 0 bridgehead atoms. The molecule has 0 N–H and O–H groups in total. The highest BCUT2D eigenvalue weighted by molar-refractivity contribution is 5.54. The van der Waals surface area contributed by atoms with Crippen molar-refractivity contribution in [3.63, 3.8) is 0 Å². The van der Waals surface area contributed by atoms with Gasteiger partial charge in [-0.05, 0) is 11.6 Å². The van der Waals surface area contributed by atoms with Crippen LogP contribution in [0.3, 0.4) is 0 Å². The molecule has 0 radical (unpaired) electrons. The summed E-state index contributed by atoms with van der Waals surface area (Å²) in [7, 11) is 3.02. The average Bonchev–Trinajstić information content (AvgIpc) is 2.75. The van der Waals surface area contributed by atoms with E-state index in [4.69, 9.17) is 9.47 Å². The van der Waals surface area contributed by atoms with Gasteiger partial charge in [0.1, 0.15) is 0 Å². The Morgan fingerprint density at radius 1 is 1.00 bits per heavy atom. The molecular weight excluding hydrogens is 370 g/mol. The third-order valence-corrected chi connectivity index (χ3v) is 5.11. The highest BCUT2D eigenvalue weighted by Gasteiger charge is 2.23. The molecule has 1 heterocycles. The van der Waals surface area contributed by atoms with E-state index in [9.17, 15) is 10.1 Å². The van der Waals surface area contributed by atoms with Crippen molar-refractivity contribution in [2.75, 3.05) is 46.9 Å². The molecule has 0 aliphatic carbocycles. The van der Waals surface area contributed by atoms with E-state index in [-0.39, 0.29) is 10.6 Å². The van der Waals surface area contributed by atoms with Gasteiger partial charge in [0.15, 0.2) is 11.5 Å². The Morgan fingerprint density at radius 3 is 2.24 bits per heavy atom. The molecule has 2 aromatic carbocycles. The van der Waals surface area contributed by atoms with Crippen LogP contribution in [0.2, 0.25) is 0 Å². The predicted octanol–water partition coefficient (Wildman–Crippen LogP) is 3.44. The molecule has 1 aliphatic rings. The van der Waals surface area contributed by atoms with Gasteiger partial charge in [-0.1, -0.05) is 42.5 Å². The third kappa shape index (κ3) is 5.56. The summed E-state index contributed by atoms with van der Waals surface area (Å²) in [6.07, 6.45) is 4.32. The van der Waals surface area contributed by atoms with Crippen molar-refractivity contribution in [2.24, 2.45) is 0 Å². The Kier molecular flexibility index (Phi) is 7.21. The van der Waals surface area contributed by atoms with Gasteiger partial charge >= 0.3 is 0 Å². The number of nitro groups is 1. The zero-order chi connectivity index (χ0) is 20.6. The first-order chi connectivity index (χ1) is 14.1. The Labute approximate surface area is 171 Å². The summed E-state index contributed by atoms with van der Waals surface area (Å²) >= 11 is 0. The van der Waals surface area contributed by atoms with Gasteiger partial charge in [0.05, 0.1) is 25.2 Å². The van der Waals surface area contributed by atoms with E-state index in [1.165, 1.54) is 25.8 Å². The SMILES string of the molecule is COc1cc(CN2CCN(C/C=C/c3ccccc3)CC2)c([N+](=O)[O-])cc1OC. The Bertz CT molecular complexity index is 847. The van der Waals surface area contributed by atoms with Gasteiger partial charge < -0.3 is 9.47 Å². The molecule has 154 valence electrons. The maximum absolute atomic E-state index is 11.5. The Hall–Kier alpha value is -2.90. The summed E-state index contributed by atoms with van der Waals surface area (Å²) in [4.78, 5) is 15.8. The molecular formula is C22H27N3O4. The molecule has 2 aromatic rings. The van der Waals surface area contributed by atoms with Crippen molar-refractivity contribution < 1.29 is 14.4 Å². The summed E-state index contributed by atoms with van der Waals surface area (Å²) in [5, 5.41) is 11.5. The fourth-order valence-electron chi connectivity index (χ4n) is 3.48. The highest BCUT2D eigenvalue weighted by Crippen LogP contribution is 2.35. The minimum atomic E-state index is -0.359. The molecule has 3 rings (SSSR count). The zero-order valence-electron chi connectivity index (χ0n) is 16.9. The van der Waals surface area contributed by atoms with Crippen LogP contribution in [-0.4, -0.2) is 61.7 Å². The smallest absolute Gasteiger partial charge is 0.277 e. The number of ether oxygens (including phenoxy) is 2. The van der Waals surface area contributed by atoms with Crippen LogP contribution in [0.4, 0.5) is 5.69 Å². The lowest BCUT2D eigenvalue weighted by Gasteiger charge is -2.34. The molecule has 7 nitrogen and oxygen atoms in total. The fourth-order valence-corrected chi connectivity index (χ4v) is 3.48. The molecule has 7 heteroatoms. The quantitative estimate of drug-likeness (QED) is 0.502. The topological polar surface area (TPSA) is 68.1 Å². The normalized spacial score (nSPS) is 15.5. The summed E-state index contributed by atoms with van der Waals surface area (Å²) < 4.78 is 10.5. The highest BCUT2D eigenvalue weighted by atomic mass is 16.6. The Balaban J connectivity index is 1.57. The summed E-state index contributed by atoms with van der Waals surface area (Å²) in [5.74, 6) is 0.885. The second-order valence-electron chi connectivity index (χ2n) is 6.98. The van der Waals surface area contributed by atoms with Crippen molar-refractivity contribution in [1.29, 1.82) is 0 Å². The van der Waals surface area contributed by atoms with E-state index in [1.54, 1.807) is 6.07 Å². The fraction of sp³-hybridized carbons (Fsp3) is 0.364. The van der Waals surface area contributed by atoms with Crippen molar-refractivity contribution in [1.82, 2.24) is 9.80 Å². The molecule has 0 saturated carbocycles. The van der Waals surface area contributed by atoms with E-state index in [0.717, 1.165) is 32.7 Å². The summed E-state index contributed by atoms with van der Waals surface area (Å²) in [5.41, 5.74) is 1.91. The number of nitrogens with zero attached hydrogens (tertiary/aromatic N) is 3. The van der Waals surface area contributed by atoms with Crippen LogP contribution in [0.5, 0.6) is 11.5 Å². The third-order valence-electron chi connectivity index (χ3n) is 5.11. The molecule has 0 atom stereocenters. The van der Waals surface area contributed by atoms with Gasteiger partial charge in [-0.25, -0.2) is 0 Å². The minimum absolute atomic E-state index is 0.0656. The largest absolute Gasteiger partial charge is 0.493 e. The van der Waals surface area contributed by atoms with E-state index in [1.807, 2.05) is 18.2 Å².